The van der Waals surface area contributed by atoms with Gasteiger partial charge in [-0.25, -0.2) is 4.52 Å². The standard InChI is InChI=1S/C21H18ClN5O/c1-12-7-8-17(9-13(12)2)24-21(28)19-14(3)27-20(26-25-19)18(11-23-27)15-5-4-6-16(22)10-15/h4-11H,1-3H3,(H,24,28). The highest BCUT2D eigenvalue weighted by atomic mass is 35.5. The van der Waals surface area contributed by atoms with Gasteiger partial charge in [0, 0.05) is 16.3 Å². The van der Waals surface area contributed by atoms with E-state index in [9.17, 15) is 4.79 Å². The molecule has 140 valence electrons. The lowest BCUT2D eigenvalue weighted by Gasteiger charge is -2.09. The molecule has 0 spiro atoms. The molecule has 1 amide bonds. The maximum absolute atomic E-state index is 12.7. The minimum absolute atomic E-state index is 0.228. The Morgan fingerprint density at radius 3 is 2.61 bits per heavy atom. The monoisotopic (exact) mass is 391 g/mol. The SMILES string of the molecule is Cc1ccc(NC(=O)c2nnc3c(-c4cccc(Cl)c4)cnn3c2C)cc1C. The van der Waals surface area contributed by atoms with Crippen LogP contribution in [0.3, 0.4) is 0 Å². The highest BCUT2D eigenvalue weighted by Gasteiger charge is 2.18. The first-order valence-corrected chi connectivity index (χ1v) is 9.17. The number of anilines is 1. The molecule has 0 atom stereocenters. The van der Waals surface area contributed by atoms with Crippen LogP contribution in [0.25, 0.3) is 16.8 Å². The largest absolute Gasteiger partial charge is 0.321 e. The van der Waals surface area contributed by atoms with Crippen molar-refractivity contribution in [3.63, 3.8) is 0 Å². The average Bonchev–Trinajstić information content (AvgIpc) is 3.10. The quantitative estimate of drug-likeness (QED) is 0.553. The van der Waals surface area contributed by atoms with Gasteiger partial charge in [-0.15, -0.1) is 10.2 Å². The maximum Gasteiger partial charge on any atom is 0.278 e. The molecular weight excluding hydrogens is 374 g/mol. The molecule has 2 heterocycles. The lowest BCUT2D eigenvalue weighted by atomic mass is 10.1. The van der Waals surface area contributed by atoms with E-state index in [1.54, 1.807) is 17.6 Å². The van der Waals surface area contributed by atoms with Crippen molar-refractivity contribution >= 4 is 28.8 Å². The van der Waals surface area contributed by atoms with E-state index in [-0.39, 0.29) is 11.6 Å². The second kappa shape index (κ2) is 7.05. The molecule has 0 bridgehead atoms. The molecule has 0 aliphatic carbocycles. The summed E-state index contributed by atoms with van der Waals surface area (Å²) in [6.07, 6.45) is 1.70. The number of rotatable bonds is 3. The minimum atomic E-state index is -0.324. The molecule has 0 aliphatic heterocycles. The number of carbonyl (C=O) groups is 1. The number of benzene rings is 2. The molecule has 1 N–H and O–H groups in total. The van der Waals surface area contributed by atoms with Crippen molar-refractivity contribution < 1.29 is 4.79 Å². The Kier molecular flexibility index (Phi) is 4.57. The van der Waals surface area contributed by atoms with Crippen LogP contribution in [0.4, 0.5) is 5.69 Å². The van der Waals surface area contributed by atoms with Crippen LogP contribution in [0.2, 0.25) is 5.02 Å². The zero-order valence-corrected chi connectivity index (χ0v) is 16.4. The first kappa shape index (κ1) is 18.1. The van der Waals surface area contributed by atoms with Gasteiger partial charge >= 0.3 is 0 Å². The van der Waals surface area contributed by atoms with Crippen LogP contribution in [0, 0.1) is 20.8 Å². The molecule has 28 heavy (non-hydrogen) atoms. The van der Waals surface area contributed by atoms with Crippen LogP contribution in [0.1, 0.15) is 27.3 Å². The third-order valence-corrected chi connectivity index (χ3v) is 5.00. The fraction of sp³-hybridized carbons (Fsp3) is 0.143. The van der Waals surface area contributed by atoms with Crippen LogP contribution < -0.4 is 5.32 Å². The Bertz CT molecular complexity index is 1210. The number of fused-ring (bicyclic) bond motifs is 1. The first-order valence-electron chi connectivity index (χ1n) is 8.79. The van der Waals surface area contributed by atoms with Crippen LogP contribution in [-0.4, -0.2) is 25.7 Å². The summed E-state index contributed by atoms with van der Waals surface area (Å²) in [4.78, 5) is 12.7. The topological polar surface area (TPSA) is 72.2 Å². The smallest absolute Gasteiger partial charge is 0.278 e. The number of nitrogens with zero attached hydrogens (tertiary/aromatic N) is 4. The number of halogens is 1. The van der Waals surface area contributed by atoms with Gasteiger partial charge in [-0.3, -0.25) is 4.79 Å². The molecule has 0 radical (unpaired) electrons. The van der Waals surface area contributed by atoms with Gasteiger partial charge in [0.05, 0.1) is 11.9 Å². The Labute approximate surface area is 167 Å². The molecule has 0 saturated heterocycles. The summed E-state index contributed by atoms with van der Waals surface area (Å²) >= 11 is 6.09. The fourth-order valence-corrected chi connectivity index (χ4v) is 3.22. The Morgan fingerprint density at radius 2 is 1.86 bits per heavy atom. The van der Waals surface area contributed by atoms with E-state index >= 15 is 0 Å². The van der Waals surface area contributed by atoms with E-state index in [0.29, 0.717) is 16.4 Å². The number of aryl methyl sites for hydroxylation is 3. The lowest BCUT2D eigenvalue weighted by molar-refractivity contribution is 0.102. The number of aromatic nitrogens is 4. The molecule has 4 aromatic rings. The fourth-order valence-electron chi connectivity index (χ4n) is 3.03. The Balaban J connectivity index is 1.70. The molecule has 7 heteroatoms. The zero-order valence-electron chi connectivity index (χ0n) is 15.7. The zero-order chi connectivity index (χ0) is 19.8. The highest BCUT2D eigenvalue weighted by molar-refractivity contribution is 6.30. The third kappa shape index (κ3) is 3.23. The predicted molar refractivity (Wildman–Crippen MR) is 110 cm³/mol. The first-order chi connectivity index (χ1) is 13.4. The molecule has 0 unspecified atom stereocenters. The van der Waals surface area contributed by atoms with Crippen LogP contribution in [0.15, 0.2) is 48.7 Å². The Morgan fingerprint density at radius 1 is 1.04 bits per heavy atom. The number of hydrogen-bond donors (Lipinski definition) is 1. The molecule has 0 aliphatic rings. The summed E-state index contributed by atoms with van der Waals surface area (Å²) in [5, 5.41) is 16.3. The summed E-state index contributed by atoms with van der Waals surface area (Å²) < 4.78 is 1.62. The highest BCUT2D eigenvalue weighted by Crippen LogP contribution is 2.26. The van der Waals surface area contributed by atoms with E-state index in [1.165, 1.54) is 5.56 Å². The van der Waals surface area contributed by atoms with Crippen molar-refractivity contribution in [1.29, 1.82) is 0 Å². The molecular formula is C21H18ClN5O. The average molecular weight is 392 g/mol. The van der Waals surface area contributed by atoms with Crippen molar-refractivity contribution in [2.24, 2.45) is 0 Å². The van der Waals surface area contributed by atoms with E-state index < -0.39 is 0 Å². The van der Waals surface area contributed by atoms with E-state index in [1.807, 2.05) is 56.3 Å². The van der Waals surface area contributed by atoms with Gasteiger partial charge in [0.25, 0.3) is 5.91 Å². The predicted octanol–water partition coefficient (Wildman–Crippen LogP) is 4.62. The molecule has 6 nitrogen and oxygen atoms in total. The van der Waals surface area contributed by atoms with Crippen molar-refractivity contribution in [2.75, 3.05) is 5.32 Å². The summed E-state index contributed by atoms with van der Waals surface area (Å²) in [5.74, 6) is -0.324. The van der Waals surface area contributed by atoms with Crippen LogP contribution >= 0.6 is 11.6 Å². The minimum Gasteiger partial charge on any atom is -0.321 e. The molecule has 0 fully saturated rings. The van der Waals surface area contributed by atoms with Crippen LogP contribution in [0.5, 0.6) is 0 Å². The van der Waals surface area contributed by atoms with Gasteiger partial charge in [0.1, 0.15) is 0 Å². The van der Waals surface area contributed by atoms with Gasteiger partial charge in [0.2, 0.25) is 0 Å². The molecule has 4 rings (SSSR count). The van der Waals surface area contributed by atoms with Gasteiger partial charge in [-0.05, 0) is 61.7 Å². The van der Waals surface area contributed by atoms with Crippen molar-refractivity contribution in [1.82, 2.24) is 19.8 Å². The van der Waals surface area contributed by atoms with Crippen molar-refractivity contribution in [3.05, 3.63) is 76.2 Å². The molecule has 2 aromatic heterocycles. The summed E-state index contributed by atoms with van der Waals surface area (Å²) in [5.41, 5.74) is 6.10. The normalized spacial score (nSPS) is 11.0. The molecule has 2 aromatic carbocycles. The van der Waals surface area contributed by atoms with Crippen LogP contribution in [-0.2, 0) is 0 Å². The van der Waals surface area contributed by atoms with Gasteiger partial charge in [-0.2, -0.15) is 5.10 Å². The van der Waals surface area contributed by atoms with Gasteiger partial charge in [0.15, 0.2) is 11.3 Å². The number of nitrogens with one attached hydrogen (secondary N) is 1. The Hall–Kier alpha value is -3.25. The van der Waals surface area contributed by atoms with E-state index in [0.717, 1.165) is 22.4 Å². The summed E-state index contributed by atoms with van der Waals surface area (Å²) in [6, 6.07) is 13.2. The van der Waals surface area contributed by atoms with Crippen molar-refractivity contribution in [2.45, 2.75) is 20.8 Å². The van der Waals surface area contributed by atoms with Gasteiger partial charge < -0.3 is 5.32 Å². The summed E-state index contributed by atoms with van der Waals surface area (Å²) in [7, 11) is 0. The lowest BCUT2D eigenvalue weighted by Crippen LogP contribution is -2.18. The number of carbonyl (C=O) groups excluding carboxylic acids is 1. The second-order valence-electron chi connectivity index (χ2n) is 6.69. The molecule has 0 saturated carbocycles. The summed E-state index contributed by atoms with van der Waals surface area (Å²) in [6.45, 7) is 5.83. The maximum atomic E-state index is 12.7. The second-order valence-corrected chi connectivity index (χ2v) is 7.13. The van der Waals surface area contributed by atoms with Gasteiger partial charge in [-0.1, -0.05) is 29.8 Å². The van der Waals surface area contributed by atoms with E-state index in [2.05, 4.69) is 20.6 Å². The third-order valence-electron chi connectivity index (χ3n) is 4.76. The number of hydrogen-bond acceptors (Lipinski definition) is 4. The van der Waals surface area contributed by atoms with E-state index in [4.69, 9.17) is 11.6 Å². The van der Waals surface area contributed by atoms with Crippen molar-refractivity contribution in [3.8, 4) is 11.1 Å². The number of amides is 1.